The van der Waals surface area contributed by atoms with Gasteiger partial charge in [-0.05, 0) is 36.1 Å². The van der Waals surface area contributed by atoms with Crippen LogP contribution in [0.5, 0.6) is 5.75 Å². The molecule has 5 heteroatoms. The third kappa shape index (κ3) is 4.50. The fourth-order valence-electron chi connectivity index (χ4n) is 3.62. The van der Waals surface area contributed by atoms with E-state index in [0.717, 1.165) is 16.9 Å². The number of carbonyl (C=O) groups excluding carboxylic acids is 2. The standard InChI is InChI=1S/C24H27NO4/c1-4-29-19-12-10-17(11-13-19)15-25-22(18-8-6-5-7-9-18)21(23(27)24(25)28)20(26)14-16(2)3/h5-13,16,22,27H,4,14-15H2,1-3H3. The van der Waals surface area contributed by atoms with E-state index in [0.29, 0.717) is 6.61 Å². The van der Waals surface area contributed by atoms with Gasteiger partial charge in [-0.15, -0.1) is 0 Å². The normalized spacial score (nSPS) is 16.6. The molecule has 1 amide bonds. The van der Waals surface area contributed by atoms with Gasteiger partial charge in [0.05, 0.1) is 18.2 Å². The minimum Gasteiger partial charge on any atom is -0.503 e. The molecule has 152 valence electrons. The molecule has 0 saturated heterocycles. The number of ketones is 1. The number of ether oxygens (including phenoxy) is 1. The number of aliphatic hydroxyl groups excluding tert-OH is 1. The first-order chi connectivity index (χ1) is 13.9. The van der Waals surface area contributed by atoms with E-state index in [1.54, 1.807) is 4.90 Å². The van der Waals surface area contributed by atoms with Crippen LogP contribution in [0, 0.1) is 5.92 Å². The first kappa shape index (κ1) is 20.6. The second kappa shape index (κ2) is 8.95. The molecule has 0 aliphatic carbocycles. The number of hydrogen-bond acceptors (Lipinski definition) is 4. The maximum absolute atomic E-state index is 12.9. The summed E-state index contributed by atoms with van der Waals surface area (Å²) in [7, 11) is 0. The van der Waals surface area contributed by atoms with E-state index in [4.69, 9.17) is 4.74 Å². The number of Topliss-reactive ketones (excluding diaryl/α,β-unsaturated/α-hetero) is 1. The zero-order valence-corrected chi connectivity index (χ0v) is 17.1. The van der Waals surface area contributed by atoms with Crippen LogP contribution in [-0.2, 0) is 16.1 Å². The van der Waals surface area contributed by atoms with Crippen molar-refractivity contribution < 1.29 is 19.4 Å². The Morgan fingerprint density at radius 1 is 1.10 bits per heavy atom. The number of amides is 1. The SMILES string of the molecule is CCOc1ccc(CN2C(=O)C(O)=C(C(=O)CC(C)C)C2c2ccccc2)cc1. The van der Waals surface area contributed by atoms with Crippen LogP contribution < -0.4 is 4.74 Å². The number of aliphatic hydroxyl groups is 1. The van der Waals surface area contributed by atoms with Crippen LogP contribution in [0.4, 0.5) is 0 Å². The van der Waals surface area contributed by atoms with Gasteiger partial charge in [-0.1, -0.05) is 56.3 Å². The number of hydrogen-bond donors (Lipinski definition) is 1. The smallest absolute Gasteiger partial charge is 0.290 e. The summed E-state index contributed by atoms with van der Waals surface area (Å²) in [6, 6.07) is 16.3. The van der Waals surface area contributed by atoms with E-state index in [2.05, 4.69) is 0 Å². The first-order valence-electron chi connectivity index (χ1n) is 9.96. The zero-order valence-electron chi connectivity index (χ0n) is 17.1. The molecule has 29 heavy (non-hydrogen) atoms. The van der Waals surface area contributed by atoms with Gasteiger partial charge in [0.15, 0.2) is 11.5 Å². The van der Waals surface area contributed by atoms with Crippen molar-refractivity contribution in [3.8, 4) is 5.75 Å². The van der Waals surface area contributed by atoms with Crippen LogP contribution in [0.15, 0.2) is 65.9 Å². The molecule has 0 aromatic heterocycles. The average molecular weight is 393 g/mol. The Balaban J connectivity index is 1.95. The molecule has 1 N–H and O–H groups in total. The van der Waals surface area contributed by atoms with Gasteiger partial charge in [0.2, 0.25) is 0 Å². The average Bonchev–Trinajstić information content (AvgIpc) is 2.95. The summed E-state index contributed by atoms with van der Waals surface area (Å²) in [5.74, 6) is -0.240. The lowest BCUT2D eigenvalue weighted by Gasteiger charge is -2.27. The second-order valence-electron chi connectivity index (χ2n) is 7.61. The first-order valence-corrected chi connectivity index (χ1v) is 9.96. The summed E-state index contributed by atoms with van der Waals surface area (Å²) < 4.78 is 5.47. The van der Waals surface area contributed by atoms with Crippen molar-refractivity contribution in [3.63, 3.8) is 0 Å². The Hall–Kier alpha value is -3.08. The summed E-state index contributed by atoms with van der Waals surface area (Å²) >= 11 is 0. The van der Waals surface area contributed by atoms with Crippen LogP contribution >= 0.6 is 0 Å². The minimum atomic E-state index is -0.596. The van der Waals surface area contributed by atoms with E-state index >= 15 is 0 Å². The number of nitrogens with zero attached hydrogens (tertiary/aromatic N) is 1. The molecule has 5 nitrogen and oxygen atoms in total. The van der Waals surface area contributed by atoms with Gasteiger partial charge in [0, 0.05) is 13.0 Å². The summed E-state index contributed by atoms with van der Waals surface area (Å²) in [5.41, 5.74) is 1.90. The predicted molar refractivity (Wildman–Crippen MR) is 111 cm³/mol. The van der Waals surface area contributed by atoms with E-state index < -0.39 is 17.7 Å². The summed E-state index contributed by atoms with van der Waals surface area (Å²) in [4.78, 5) is 27.4. The van der Waals surface area contributed by atoms with Gasteiger partial charge in [-0.2, -0.15) is 0 Å². The van der Waals surface area contributed by atoms with Gasteiger partial charge in [-0.3, -0.25) is 9.59 Å². The molecule has 2 aromatic carbocycles. The molecule has 1 heterocycles. The van der Waals surface area contributed by atoms with Crippen molar-refractivity contribution >= 4 is 11.7 Å². The highest BCUT2D eigenvalue weighted by molar-refractivity contribution is 6.09. The molecule has 3 rings (SSSR count). The number of rotatable bonds is 8. The maximum Gasteiger partial charge on any atom is 0.290 e. The minimum absolute atomic E-state index is 0.134. The van der Waals surface area contributed by atoms with Crippen molar-refractivity contribution in [2.24, 2.45) is 5.92 Å². The maximum atomic E-state index is 12.9. The fourth-order valence-corrected chi connectivity index (χ4v) is 3.62. The highest BCUT2D eigenvalue weighted by Gasteiger charge is 2.43. The van der Waals surface area contributed by atoms with Crippen molar-refractivity contribution in [2.75, 3.05) is 6.61 Å². The lowest BCUT2D eigenvalue weighted by molar-refractivity contribution is -0.130. The third-order valence-corrected chi connectivity index (χ3v) is 4.90. The molecule has 2 aromatic rings. The van der Waals surface area contributed by atoms with Gasteiger partial charge in [0.1, 0.15) is 5.75 Å². The van der Waals surface area contributed by atoms with Crippen molar-refractivity contribution in [1.29, 1.82) is 0 Å². The van der Waals surface area contributed by atoms with Crippen LogP contribution in [0.2, 0.25) is 0 Å². The quantitative estimate of drug-likeness (QED) is 0.712. The Bertz CT molecular complexity index is 900. The Morgan fingerprint density at radius 2 is 1.76 bits per heavy atom. The van der Waals surface area contributed by atoms with Crippen LogP contribution in [0.25, 0.3) is 0 Å². The molecule has 0 bridgehead atoms. The molecular formula is C24H27NO4. The molecule has 0 fully saturated rings. The molecule has 1 aliphatic heterocycles. The van der Waals surface area contributed by atoms with Gasteiger partial charge < -0.3 is 14.7 Å². The summed E-state index contributed by atoms with van der Waals surface area (Å²) in [5, 5.41) is 10.6. The van der Waals surface area contributed by atoms with Crippen molar-refractivity contribution in [1.82, 2.24) is 4.90 Å². The highest BCUT2D eigenvalue weighted by atomic mass is 16.5. The van der Waals surface area contributed by atoms with E-state index in [9.17, 15) is 14.7 Å². The summed E-state index contributed by atoms with van der Waals surface area (Å²) in [6.45, 7) is 6.68. The van der Waals surface area contributed by atoms with Gasteiger partial charge in [-0.25, -0.2) is 0 Å². The highest BCUT2D eigenvalue weighted by Crippen LogP contribution is 2.39. The van der Waals surface area contributed by atoms with E-state index in [1.807, 2.05) is 75.4 Å². The molecule has 0 spiro atoms. The largest absolute Gasteiger partial charge is 0.503 e. The lowest BCUT2D eigenvalue weighted by Crippen LogP contribution is -2.30. The number of carbonyl (C=O) groups is 2. The molecule has 1 unspecified atom stereocenters. The van der Waals surface area contributed by atoms with Gasteiger partial charge in [0.25, 0.3) is 5.91 Å². The molecule has 1 atom stereocenters. The Kier molecular flexibility index (Phi) is 6.37. The van der Waals surface area contributed by atoms with Crippen molar-refractivity contribution in [2.45, 2.75) is 39.8 Å². The molecule has 1 aliphatic rings. The number of benzene rings is 2. The van der Waals surface area contributed by atoms with Crippen molar-refractivity contribution in [3.05, 3.63) is 77.1 Å². The topological polar surface area (TPSA) is 66.8 Å². The lowest BCUT2D eigenvalue weighted by atomic mass is 9.92. The van der Waals surface area contributed by atoms with Gasteiger partial charge >= 0.3 is 0 Å². The Labute approximate surface area is 171 Å². The predicted octanol–water partition coefficient (Wildman–Crippen LogP) is 4.60. The fraction of sp³-hybridized carbons (Fsp3) is 0.333. The second-order valence-corrected chi connectivity index (χ2v) is 7.61. The molecule has 0 saturated carbocycles. The van der Waals surface area contributed by atoms with Crippen LogP contribution in [0.3, 0.4) is 0 Å². The molecule has 0 radical (unpaired) electrons. The third-order valence-electron chi connectivity index (χ3n) is 4.90. The zero-order chi connectivity index (χ0) is 21.0. The molecular weight excluding hydrogens is 366 g/mol. The summed E-state index contributed by atoms with van der Waals surface area (Å²) in [6.07, 6.45) is 0.285. The van der Waals surface area contributed by atoms with Crippen LogP contribution in [-0.4, -0.2) is 28.3 Å². The van der Waals surface area contributed by atoms with E-state index in [-0.39, 0.29) is 30.2 Å². The van der Waals surface area contributed by atoms with Crippen LogP contribution in [0.1, 0.15) is 44.4 Å². The monoisotopic (exact) mass is 393 g/mol. The van der Waals surface area contributed by atoms with E-state index in [1.165, 1.54) is 0 Å². The Morgan fingerprint density at radius 3 is 2.34 bits per heavy atom.